The van der Waals surface area contributed by atoms with Gasteiger partial charge in [-0.25, -0.2) is 0 Å². The lowest BCUT2D eigenvalue weighted by atomic mass is 10.1. The van der Waals surface area contributed by atoms with Crippen LogP contribution in [0.2, 0.25) is 0 Å². The minimum absolute atomic E-state index is 0.173. The molecule has 0 saturated heterocycles. The minimum atomic E-state index is 0.173. The Bertz CT molecular complexity index is 587. The molecule has 2 aromatic rings. The quantitative estimate of drug-likeness (QED) is 0.857. The van der Waals surface area contributed by atoms with Crippen molar-refractivity contribution in [2.24, 2.45) is 0 Å². The van der Waals surface area contributed by atoms with Crippen molar-refractivity contribution in [1.29, 1.82) is 0 Å². The Labute approximate surface area is 98.6 Å². The van der Waals surface area contributed by atoms with Crippen molar-refractivity contribution < 1.29 is 9.53 Å². The van der Waals surface area contributed by atoms with Crippen LogP contribution in [0.3, 0.4) is 0 Å². The summed E-state index contributed by atoms with van der Waals surface area (Å²) in [6.07, 6.45) is 1.35. The number of hydrogen-bond acceptors (Lipinski definition) is 3. The van der Waals surface area contributed by atoms with Gasteiger partial charge in [0.25, 0.3) is 0 Å². The maximum Gasteiger partial charge on any atom is 0.167 e. The minimum Gasteiger partial charge on any atom is -0.497 e. The molecule has 0 spiro atoms. The van der Waals surface area contributed by atoms with Crippen LogP contribution in [0.4, 0.5) is 0 Å². The average Bonchev–Trinajstić information content (AvgIpc) is 2.93. The number of aromatic amines is 1. The summed E-state index contributed by atoms with van der Waals surface area (Å²) in [7, 11) is 1.62. The van der Waals surface area contributed by atoms with Gasteiger partial charge in [0.1, 0.15) is 11.4 Å². The van der Waals surface area contributed by atoms with Gasteiger partial charge in [-0.3, -0.25) is 9.89 Å². The van der Waals surface area contributed by atoms with E-state index in [1.54, 1.807) is 7.11 Å². The molecule has 1 aromatic carbocycles. The van der Waals surface area contributed by atoms with Crippen LogP contribution >= 0.6 is 0 Å². The molecule has 86 valence electrons. The van der Waals surface area contributed by atoms with Crippen LogP contribution in [0, 0.1) is 0 Å². The fraction of sp³-hybridized carbons (Fsp3) is 0.231. The van der Waals surface area contributed by atoms with E-state index in [9.17, 15) is 4.79 Å². The van der Waals surface area contributed by atoms with E-state index in [1.165, 1.54) is 0 Å². The summed E-state index contributed by atoms with van der Waals surface area (Å²) in [4.78, 5) is 11.8. The van der Waals surface area contributed by atoms with E-state index in [1.807, 2.05) is 24.3 Å². The SMILES string of the molecule is COc1cccc(-c2n[nH]c3c2C(=O)CC3)c1. The zero-order chi connectivity index (χ0) is 11.8. The van der Waals surface area contributed by atoms with Gasteiger partial charge in [0, 0.05) is 17.7 Å². The lowest BCUT2D eigenvalue weighted by Gasteiger charge is -2.02. The predicted octanol–water partition coefficient (Wildman–Crippen LogP) is 2.21. The predicted molar refractivity (Wildman–Crippen MR) is 63.2 cm³/mol. The molecule has 0 amide bonds. The summed E-state index contributed by atoms with van der Waals surface area (Å²) in [5, 5.41) is 7.17. The molecule has 0 fully saturated rings. The first-order valence-electron chi connectivity index (χ1n) is 5.54. The second kappa shape index (κ2) is 3.73. The summed E-state index contributed by atoms with van der Waals surface area (Å²) < 4.78 is 5.18. The van der Waals surface area contributed by atoms with E-state index in [4.69, 9.17) is 4.74 Å². The van der Waals surface area contributed by atoms with E-state index < -0.39 is 0 Å². The Hall–Kier alpha value is -2.10. The summed E-state index contributed by atoms with van der Waals surface area (Å²) in [6.45, 7) is 0. The van der Waals surface area contributed by atoms with E-state index in [-0.39, 0.29) is 5.78 Å². The van der Waals surface area contributed by atoms with Crippen molar-refractivity contribution in [3.8, 4) is 17.0 Å². The number of H-pyrrole nitrogens is 1. The molecule has 1 aliphatic carbocycles. The van der Waals surface area contributed by atoms with E-state index in [0.717, 1.165) is 34.7 Å². The fourth-order valence-corrected chi connectivity index (χ4v) is 2.20. The van der Waals surface area contributed by atoms with E-state index in [2.05, 4.69) is 10.2 Å². The Balaban J connectivity index is 2.13. The molecular formula is C13H12N2O2. The number of ether oxygens (including phenoxy) is 1. The highest BCUT2D eigenvalue weighted by atomic mass is 16.5. The first kappa shape index (κ1) is 10.1. The van der Waals surface area contributed by atoms with Crippen molar-refractivity contribution >= 4 is 5.78 Å². The number of methoxy groups -OCH3 is 1. The van der Waals surface area contributed by atoms with Crippen molar-refractivity contribution in [2.45, 2.75) is 12.8 Å². The highest BCUT2D eigenvalue weighted by Crippen LogP contribution is 2.31. The van der Waals surface area contributed by atoms with Gasteiger partial charge in [-0.2, -0.15) is 5.10 Å². The number of hydrogen-bond donors (Lipinski definition) is 1. The monoisotopic (exact) mass is 228 g/mol. The number of aryl methyl sites for hydroxylation is 1. The van der Waals surface area contributed by atoms with Crippen LogP contribution in [-0.2, 0) is 6.42 Å². The first-order chi connectivity index (χ1) is 8.29. The Morgan fingerprint density at radius 3 is 3.06 bits per heavy atom. The third-order valence-electron chi connectivity index (χ3n) is 3.07. The standard InChI is InChI=1S/C13H12N2O2/c1-17-9-4-2-3-8(7-9)13-12-10(14-15-13)5-6-11(12)16/h2-4,7H,5-6H2,1H3,(H,14,15). The highest BCUT2D eigenvalue weighted by Gasteiger charge is 2.26. The largest absolute Gasteiger partial charge is 0.497 e. The molecule has 0 aliphatic heterocycles. The molecular weight excluding hydrogens is 216 g/mol. The van der Waals surface area contributed by atoms with Crippen LogP contribution in [0.5, 0.6) is 5.75 Å². The maximum absolute atomic E-state index is 11.8. The Morgan fingerprint density at radius 1 is 1.35 bits per heavy atom. The van der Waals surface area contributed by atoms with Gasteiger partial charge in [0.2, 0.25) is 0 Å². The summed E-state index contributed by atoms with van der Waals surface area (Å²) >= 11 is 0. The van der Waals surface area contributed by atoms with Crippen molar-refractivity contribution in [2.75, 3.05) is 7.11 Å². The van der Waals surface area contributed by atoms with Crippen LogP contribution in [0.1, 0.15) is 22.5 Å². The van der Waals surface area contributed by atoms with Gasteiger partial charge >= 0.3 is 0 Å². The van der Waals surface area contributed by atoms with Gasteiger partial charge in [-0.1, -0.05) is 12.1 Å². The highest BCUT2D eigenvalue weighted by molar-refractivity contribution is 6.05. The Kier molecular flexibility index (Phi) is 2.21. The average molecular weight is 228 g/mol. The molecule has 0 unspecified atom stereocenters. The normalized spacial score (nSPS) is 13.8. The molecule has 0 saturated carbocycles. The molecule has 1 heterocycles. The van der Waals surface area contributed by atoms with Crippen LogP contribution in [0.15, 0.2) is 24.3 Å². The summed E-state index contributed by atoms with van der Waals surface area (Å²) in [6, 6.07) is 7.60. The smallest absolute Gasteiger partial charge is 0.167 e. The third kappa shape index (κ3) is 1.53. The molecule has 0 bridgehead atoms. The number of carbonyl (C=O) groups excluding carboxylic acids is 1. The number of ketones is 1. The van der Waals surface area contributed by atoms with Crippen LogP contribution in [-0.4, -0.2) is 23.1 Å². The molecule has 3 rings (SSSR count). The molecule has 1 aromatic heterocycles. The number of Topliss-reactive ketones (excluding diaryl/α,β-unsaturated/α-hetero) is 1. The molecule has 1 aliphatic rings. The number of benzene rings is 1. The van der Waals surface area contributed by atoms with Crippen molar-refractivity contribution in [3.63, 3.8) is 0 Å². The molecule has 0 radical (unpaired) electrons. The molecule has 17 heavy (non-hydrogen) atoms. The zero-order valence-electron chi connectivity index (χ0n) is 9.49. The van der Waals surface area contributed by atoms with Crippen molar-refractivity contribution in [3.05, 3.63) is 35.5 Å². The first-order valence-corrected chi connectivity index (χ1v) is 5.54. The number of nitrogens with zero attached hydrogens (tertiary/aromatic N) is 1. The second-order valence-corrected chi connectivity index (χ2v) is 4.08. The fourth-order valence-electron chi connectivity index (χ4n) is 2.20. The van der Waals surface area contributed by atoms with Crippen molar-refractivity contribution in [1.82, 2.24) is 10.2 Å². The molecule has 4 heteroatoms. The number of aromatic nitrogens is 2. The van der Waals surface area contributed by atoms with Crippen LogP contribution < -0.4 is 4.74 Å². The van der Waals surface area contributed by atoms with Gasteiger partial charge < -0.3 is 4.74 Å². The number of fused-ring (bicyclic) bond motifs is 1. The van der Waals surface area contributed by atoms with E-state index in [0.29, 0.717) is 6.42 Å². The summed E-state index contributed by atoms with van der Waals surface area (Å²) in [5.74, 6) is 0.941. The molecule has 0 atom stereocenters. The van der Waals surface area contributed by atoms with Crippen LogP contribution in [0.25, 0.3) is 11.3 Å². The molecule has 1 N–H and O–H groups in total. The van der Waals surface area contributed by atoms with Gasteiger partial charge in [-0.15, -0.1) is 0 Å². The number of nitrogens with one attached hydrogen (secondary N) is 1. The number of rotatable bonds is 2. The lowest BCUT2D eigenvalue weighted by molar-refractivity contribution is 0.0995. The van der Waals surface area contributed by atoms with E-state index >= 15 is 0 Å². The second-order valence-electron chi connectivity index (χ2n) is 4.08. The summed E-state index contributed by atoms with van der Waals surface area (Å²) in [5.41, 5.74) is 3.35. The van der Waals surface area contributed by atoms with Gasteiger partial charge in [-0.05, 0) is 18.6 Å². The zero-order valence-corrected chi connectivity index (χ0v) is 9.49. The number of carbonyl (C=O) groups is 1. The Morgan fingerprint density at radius 2 is 2.24 bits per heavy atom. The molecule has 4 nitrogen and oxygen atoms in total. The maximum atomic E-state index is 11.8. The third-order valence-corrected chi connectivity index (χ3v) is 3.07. The van der Waals surface area contributed by atoms with Gasteiger partial charge in [0.05, 0.1) is 12.7 Å². The van der Waals surface area contributed by atoms with Gasteiger partial charge in [0.15, 0.2) is 5.78 Å². The topological polar surface area (TPSA) is 55.0 Å². The lowest BCUT2D eigenvalue weighted by Crippen LogP contribution is -1.94.